The fourth-order valence-corrected chi connectivity index (χ4v) is 2.74. The lowest BCUT2D eigenvalue weighted by atomic mass is 9.86. The number of benzene rings is 1. The molecule has 0 fully saturated rings. The minimum absolute atomic E-state index is 0.0386. The highest BCUT2D eigenvalue weighted by atomic mass is 16.5. The average Bonchev–Trinajstić information content (AvgIpc) is 2.62. The van der Waals surface area contributed by atoms with Crippen LogP contribution in [0.15, 0.2) is 42.7 Å². The summed E-state index contributed by atoms with van der Waals surface area (Å²) in [4.78, 5) is 30.2. The zero-order chi connectivity index (χ0) is 18.7. The number of fused-ring (bicyclic) bond motifs is 1. The van der Waals surface area contributed by atoms with Crippen LogP contribution in [0.25, 0.3) is 0 Å². The number of amides is 2. The summed E-state index contributed by atoms with van der Waals surface area (Å²) in [5, 5.41) is 2.83. The molecule has 0 atom stereocenters. The van der Waals surface area contributed by atoms with E-state index in [0.29, 0.717) is 18.0 Å². The van der Waals surface area contributed by atoms with Crippen molar-refractivity contribution in [2.24, 2.45) is 0 Å². The predicted octanol–water partition coefficient (Wildman–Crippen LogP) is 2.42. The van der Waals surface area contributed by atoms with Crippen LogP contribution in [-0.4, -0.2) is 29.9 Å². The molecule has 0 bridgehead atoms. The van der Waals surface area contributed by atoms with Gasteiger partial charge >= 0.3 is 0 Å². The van der Waals surface area contributed by atoms with Crippen LogP contribution in [0.2, 0.25) is 0 Å². The second kappa shape index (κ2) is 7.15. The topological polar surface area (TPSA) is 71.5 Å². The molecule has 26 heavy (non-hydrogen) atoms. The molecular weight excluding hydrogens is 330 g/mol. The minimum Gasteiger partial charge on any atom is -0.482 e. The number of rotatable bonds is 4. The van der Waals surface area contributed by atoms with E-state index in [1.54, 1.807) is 12.4 Å². The van der Waals surface area contributed by atoms with Crippen LogP contribution in [0, 0.1) is 0 Å². The van der Waals surface area contributed by atoms with Crippen molar-refractivity contribution in [3.8, 4) is 5.75 Å². The molecule has 1 aliphatic heterocycles. The number of ether oxygens (including phenoxy) is 1. The molecule has 0 radical (unpaired) electrons. The fourth-order valence-electron chi connectivity index (χ4n) is 2.74. The number of hydrogen-bond acceptors (Lipinski definition) is 4. The van der Waals surface area contributed by atoms with Gasteiger partial charge in [-0.2, -0.15) is 0 Å². The van der Waals surface area contributed by atoms with E-state index in [1.807, 2.05) is 30.3 Å². The lowest BCUT2D eigenvalue weighted by Crippen LogP contribution is -2.45. The quantitative estimate of drug-likeness (QED) is 0.916. The van der Waals surface area contributed by atoms with Crippen molar-refractivity contribution in [2.45, 2.75) is 32.7 Å². The summed E-state index contributed by atoms with van der Waals surface area (Å²) in [7, 11) is 0. The van der Waals surface area contributed by atoms with Crippen LogP contribution in [0.5, 0.6) is 5.75 Å². The Morgan fingerprint density at radius 2 is 2.12 bits per heavy atom. The molecule has 0 saturated heterocycles. The molecule has 2 amide bonds. The van der Waals surface area contributed by atoms with E-state index in [0.717, 1.165) is 11.1 Å². The van der Waals surface area contributed by atoms with E-state index >= 15 is 0 Å². The molecule has 1 aliphatic rings. The predicted molar refractivity (Wildman–Crippen MR) is 99.1 cm³/mol. The van der Waals surface area contributed by atoms with Gasteiger partial charge in [0.05, 0.1) is 5.69 Å². The van der Waals surface area contributed by atoms with Crippen LogP contribution in [0.3, 0.4) is 0 Å². The molecule has 1 aromatic heterocycles. The van der Waals surface area contributed by atoms with Crippen molar-refractivity contribution in [1.82, 2.24) is 10.3 Å². The van der Waals surface area contributed by atoms with Gasteiger partial charge in [0.1, 0.15) is 12.3 Å². The van der Waals surface area contributed by atoms with Crippen molar-refractivity contribution >= 4 is 17.5 Å². The number of nitrogens with one attached hydrogen (secondary N) is 1. The number of nitrogens with zero attached hydrogens (tertiary/aromatic N) is 2. The molecular formula is C20H23N3O3. The van der Waals surface area contributed by atoms with Crippen molar-refractivity contribution in [3.05, 3.63) is 53.9 Å². The van der Waals surface area contributed by atoms with Gasteiger partial charge in [0.25, 0.3) is 5.91 Å². The van der Waals surface area contributed by atoms with Gasteiger partial charge in [-0.25, -0.2) is 0 Å². The summed E-state index contributed by atoms with van der Waals surface area (Å²) < 4.78 is 5.51. The molecule has 1 N–H and O–H groups in total. The summed E-state index contributed by atoms with van der Waals surface area (Å²) in [5.41, 5.74) is 2.56. The summed E-state index contributed by atoms with van der Waals surface area (Å²) >= 11 is 0. The number of hydrogen-bond donors (Lipinski definition) is 1. The Hall–Kier alpha value is -2.89. The first-order valence-corrected chi connectivity index (χ1v) is 8.58. The zero-order valence-electron chi connectivity index (χ0n) is 15.3. The SMILES string of the molecule is CC(C)(C)c1ccc2c(c1)N(CC(=O)NCc1cccnc1)C(=O)CO2. The first-order chi connectivity index (χ1) is 12.3. The minimum atomic E-state index is -0.226. The van der Waals surface area contributed by atoms with Crippen molar-refractivity contribution < 1.29 is 14.3 Å². The van der Waals surface area contributed by atoms with Gasteiger partial charge in [-0.15, -0.1) is 0 Å². The van der Waals surface area contributed by atoms with E-state index in [2.05, 4.69) is 31.1 Å². The third-order valence-corrected chi connectivity index (χ3v) is 4.28. The number of anilines is 1. The Bertz CT molecular complexity index is 813. The van der Waals surface area contributed by atoms with Crippen LogP contribution < -0.4 is 15.0 Å². The number of carbonyl (C=O) groups is 2. The molecule has 136 valence electrons. The first kappa shape index (κ1) is 17.9. The molecule has 0 aliphatic carbocycles. The Labute approximate surface area is 153 Å². The van der Waals surface area contributed by atoms with Gasteiger partial charge in [-0.3, -0.25) is 19.5 Å². The Morgan fingerprint density at radius 1 is 1.31 bits per heavy atom. The van der Waals surface area contributed by atoms with E-state index in [-0.39, 0.29) is 30.4 Å². The summed E-state index contributed by atoms with van der Waals surface area (Å²) in [6.07, 6.45) is 3.38. The Morgan fingerprint density at radius 3 is 2.81 bits per heavy atom. The molecule has 0 saturated carbocycles. The molecule has 1 aromatic carbocycles. The fraction of sp³-hybridized carbons (Fsp3) is 0.350. The average molecular weight is 353 g/mol. The van der Waals surface area contributed by atoms with Gasteiger partial charge in [0.15, 0.2) is 6.61 Å². The van der Waals surface area contributed by atoms with E-state index < -0.39 is 0 Å². The maximum Gasteiger partial charge on any atom is 0.265 e. The monoisotopic (exact) mass is 353 g/mol. The highest BCUT2D eigenvalue weighted by Crippen LogP contribution is 2.36. The van der Waals surface area contributed by atoms with E-state index in [1.165, 1.54) is 4.90 Å². The van der Waals surface area contributed by atoms with Gasteiger partial charge in [-0.05, 0) is 34.7 Å². The lowest BCUT2D eigenvalue weighted by molar-refractivity contribution is -0.125. The molecule has 0 unspecified atom stereocenters. The molecule has 3 rings (SSSR count). The van der Waals surface area contributed by atoms with Gasteiger partial charge in [-0.1, -0.05) is 32.9 Å². The van der Waals surface area contributed by atoms with E-state index in [9.17, 15) is 9.59 Å². The van der Waals surface area contributed by atoms with Gasteiger partial charge in [0.2, 0.25) is 5.91 Å². The lowest BCUT2D eigenvalue weighted by Gasteiger charge is -2.31. The molecule has 6 nitrogen and oxygen atoms in total. The smallest absolute Gasteiger partial charge is 0.265 e. The van der Waals surface area contributed by atoms with Gasteiger partial charge < -0.3 is 10.1 Å². The third kappa shape index (κ3) is 4.02. The molecule has 2 heterocycles. The third-order valence-electron chi connectivity index (χ3n) is 4.28. The standard InChI is InChI=1S/C20H23N3O3/c1-20(2,3)15-6-7-17-16(9-15)23(19(25)13-26-17)12-18(24)22-11-14-5-4-8-21-10-14/h4-10H,11-13H2,1-3H3,(H,22,24). The number of pyridine rings is 1. The number of aromatic nitrogens is 1. The normalized spacial score (nSPS) is 13.8. The zero-order valence-corrected chi connectivity index (χ0v) is 15.3. The maximum atomic E-state index is 12.4. The van der Waals surface area contributed by atoms with Crippen LogP contribution in [0.4, 0.5) is 5.69 Å². The summed E-state index contributed by atoms with van der Waals surface area (Å²) in [5.74, 6) is 0.175. The van der Waals surface area contributed by atoms with Gasteiger partial charge in [0, 0.05) is 18.9 Å². The van der Waals surface area contributed by atoms with Crippen molar-refractivity contribution in [3.63, 3.8) is 0 Å². The Kier molecular flexibility index (Phi) is 4.93. The Balaban J connectivity index is 1.75. The van der Waals surface area contributed by atoms with Crippen LogP contribution >= 0.6 is 0 Å². The molecule has 0 spiro atoms. The molecule has 2 aromatic rings. The number of carbonyl (C=O) groups excluding carboxylic acids is 2. The van der Waals surface area contributed by atoms with E-state index in [4.69, 9.17) is 4.74 Å². The second-order valence-corrected chi connectivity index (χ2v) is 7.34. The highest BCUT2D eigenvalue weighted by Gasteiger charge is 2.28. The first-order valence-electron chi connectivity index (χ1n) is 8.58. The van der Waals surface area contributed by atoms with Crippen LogP contribution in [-0.2, 0) is 21.5 Å². The maximum absolute atomic E-state index is 12.4. The second-order valence-electron chi connectivity index (χ2n) is 7.34. The summed E-state index contributed by atoms with van der Waals surface area (Å²) in [6.45, 7) is 6.59. The highest BCUT2D eigenvalue weighted by molar-refractivity contribution is 6.02. The van der Waals surface area contributed by atoms with Crippen molar-refractivity contribution in [1.29, 1.82) is 0 Å². The summed E-state index contributed by atoms with van der Waals surface area (Å²) in [6, 6.07) is 9.49. The largest absolute Gasteiger partial charge is 0.482 e. The molecule has 6 heteroatoms. The van der Waals surface area contributed by atoms with Crippen LogP contribution in [0.1, 0.15) is 31.9 Å². The van der Waals surface area contributed by atoms with Crippen molar-refractivity contribution in [2.75, 3.05) is 18.1 Å².